The Morgan fingerprint density at radius 1 is 0.727 bits per heavy atom. The van der Waals surface area contributed by atoms with Crippen molar-refractivity contribution in [3.05, 3.63) is 0 Å². The number of hydrogen-bond acceptors (Lipinski definition) is 4. The van der Waals surface area contributed by atoms with Crippen molar-refractivity contribution in [2.45, 2.75) is 82.4 Å². The molecule has 0 radical (unpaired) electrons. The normalized spacial score (nSPS) is 45.3. The first-order valence-corrected chi connectivity index (χ1v) is 9.37. The van der Waals surface area contributed by atoms with Crippen LogP contribution in [0, 0.1) is 11.8 Å². The van der Waals surface area contributed by atoms with E-state index in [1.165, 1.54) is 51.4 Å². The van der Waals surface area contributed by atoms with Gasteiger partial charge in [0.15, 0.2) is 6.29 Å². The predicted molar refractivity (Wildman–Crippen MR) is 82.6 cm³/mol. The lowest BCUT2D eigenvalue weighted by atomic mass is 9.72. The molecule has 2 unspecified atom stereocenters. The van der Waals surface area contributed by atoms with Gasteiger partial charge < -0.3 is 18.9 Å². The van der Waals surface area contributed by atoms with E-state index in [-0.39, 0.29) is 6.29 Å². The van der Waals surface area contributed by atoms with E-state index in [2.05, 4.69) is 0 Å². The summed E-state index contributed by atoms with van der Waals surface area (Å²) in [5.41, 5.74) is 0. The molecule has 4 aliphatic rings. The third kappa shape index (κ3) is 4.02. The lowest BCUT2D eigenvalue weighted by Crippen LogP contribution is -2.36. The highest BCUT2D eigenvalue weighted by molar-refractivity contribution is 4.83. The van der Waals surface area contributed by atoms with Gasteiger partial charge in [0.05, 0.1) is 32.0 Å². The topological polar surface area (TPSA) is 40.2 Å². The zero-order chi connectivity index (χ0) is 14.8. The highest BCUT2D eigenvalue weighted by Crippen LogP contribution is 2.40. The molecule has 4 heteroatoms. The summed E-state index contributed by atoms with van der Waals surface area (Å²) in [5, 5.41) is 0. The molecule has 2 saturated heterocycles. The van der Waals surface area contributed by atoms with E-state index in [0.717, 1.165) is 38.1 Å². The first kappa shape index (κ1) is 15.4. The molecule has 2 atom stereocenters. The third-order valence-electron chi connectivity index (χ3n) is 6.03. The Labute approximate surface area is 133 Å². The second-order valence-corrected chi connectivity index (χ2v) is 7.59. The summed E-state index contributed by atoms with van der Waals surface area (Å²) in [6.07, 6.45) is 13.0. The van der Waals surface area contributed by atoms with Crippen molar-refractivity contribution in [3.8, 4) is 0 Å². The quantitative estimate of drug-likeness (QED) is 0.706. The molecule has 126 valence electrons. The van der Waals surface area contributed by atoms with Crippen LogP contribution in [0.3, 0.4) is 0 Å². The molecule has 2 heterocycles. The molecular formula is C18H30O4. The smallest absolute Gasteiger partial charge is 0.160 e. The van der Waals surface area contributed by atoms with Gasteiger partial charge in [0.2, 0.25) is 0 Å². The van der Waals surface area contributed by atoms with Crippen LogP contribution in [-0.4, -0.2) is 44.4 Å². The molecule has 0 spiro atoms. The summed E-state index contributed by atoms with van der Waals surface area (Å²) in [4.78, 5) is 0. The maximum atomic E-state index is 5.99. The van der Waals surface area contributed by atoms with Gasteiger partial charge in [-0.15, -0.1) is 0 Å². The maximum absolute atomic E-state index is 5.99. The monoisotopic (exact) mass is 310 g/mol. The van der Waals surface area contributed by atoms with Crippen molar-refractivity contribution >= 4 is 0 Å². The van der Waals surface area contributed by atoms with Crippen LogP contribution in [0.4, 0.5) is 0 Å². The Morgan fingerprint density at radius 2 is 1.32 bits per heavy atom. The average molecular weight is 310 g/mol. The first-order valence-electron chi connectivity index (χ1n) is 9.37. The minimum Gasteiger partial charge on any atom is -0.375 e. The highest BCUT2D eigenvalue weighted by atomic mass is 16.7. The zero-order valence-electron chi connectivity index (χ0n) is 13.6. The van der Waals surface area contributed by atoms with Crippen LogP contribution in [0.1, 0.15) is 57.8 Å². The minimum absolute atomic E-state index is 0.115. The molecule has 0 N–H and O–H groups in total. The Morgan fingerprint density at radius 3 is 1.82 bits per heavy atom. The average Bonchev–Trinajstić information content (AvgIpc) is 3.34. The van der Waals surface area contributed by atoms with E-state index < -0.39 is 0 Å². The maximum Gasteiger partial charge on any atom is 0.160 e. The van der Waals surface area contributed by atoms with Gasteiger partial charge in [0.1, 0.15) is 6.10 Å². The molecule has 0 aromatic heterocycles. The molecule has 2 saturated carbocycles. The SMILES string of the molecule is C1CC(OC2CCC(C3CCC(OCC4CO4)CC3)CC2)O1. The second-order valence-electron chi connectivity index (χ2n) is 7.59. The summed E-state index contributed by atoms with van der Waals surface area (Å²) in [5.74, 6) is 1.85. The fourth-order valence-corrected chi connectivity index (χ4v) is 4.37. The first-order chi connectivity index (χ1) is 10.9. The molecule has 2 aliphatic carbocycles. The Kier molecular flexibility index (Phi) is 5.01. The summed E-state index contributed by atoms with van der Waals surface area (Å²) in [6, 6.07) is 0. The second kappa shape index (κ2) is 7.16. The van der Waals surface area contributed by atoms with Crippen LogP contribution in [0.2, 0.25) is 0 Å². The summed E-state index contributed by atoms with van der Waals surface area (Å²) < 4.78 is 22.6. The fraction of sp³-hybridized carbons (Fsp3) is 1.00. The number of ether oxygens (including phenoxy) is 4. The zero-order valence-corrected chi connectivity index (χ0v) is 13.6. The molecule has 4 rings (SSSR count). The van der Waals surface area contributed by atoms with E-state index in [0.29, 0.717) is 18.3 Å². The largest absolute Gasteiger partial charge is 0.375 e. The van der Waals surface area contributed by atoms with E-state index in [4.69, 9.17) is 18.9 Å². The molecule has 0 aromatic carbocycles. The van der Waals surface area contributed by atoms with Gasteiger partial charge in [-0.3, -0.25) is 0 Å². The molecular weight excluding hydrogens is 280 g/mol. The van der Waals surface area contributed by atoms with Crippen LogP contribution in [0.25, 0.3) is 0 Å². The van der Waals surface area contributed by atoms with E-state index in [9.17, 15) is 0 Å². The molecule has 0 amide bonds. The number of hydrogen-bond donors (Lipinski definition) is 0. The van der Waals surface area contributed by atoms with Crippen LogP contribution < -0.4 is 0 Å². The van der Waals surface area contributed by atoms with E-state index in [1.54, 1.807) is 0 Å². The van der Waals surface area contributed by atoms with Gasteiger partial charge in [-0.05, 0) is 63.2 Å². The number of rotatable bonds is 6. The molecule has 22 heavy (non-hydrogen) atoms. The third-order valence-corrected chi connectivity index (χ3v) is 6.03. The Bertz CT molecular complexity index is 337. The molecule has 2 aliphatic heterocycles. The number of epoxide rings is 1. The lowest BCUT2D eigenvalue weighted by Gasteiger charge is -2.39. The lowest BCUT2D eigenvalue weighted by molar-refractivity contribution is -0.241. The van der Waals surface area contributed by atoms with Gasteiger partial charge in [-0.1, -0.05) is 0 Å². The van der Waals surface area contributed by atoms with Crippen LogP contribution in [-0.2, 0) is 18.9 Å². The van der Waals surface area contributed by atoms with Crippen molar-refractivity contribution in [2.24, 2.45) is 11.8 Å². The summed E-state index contributed by atoms with van der Waals surface area (Å²) >= 11 is 0. The Hall–Kier alpha value is -0.160. The standard InChI is InChI=1S/C18H30O4/c1-5-15(20-11-17-12-21-17)6-2-13(1)14-3-7-16(8-4-14)22-18-9-10-19-18/h13-18H,1-12H2. The van der Waals surface area contributed by atoms with Gasteiger partial charge in [0, 0.05) is 6.42 Å². The van der Waals surface area contributed by atoms with Crippen molar-refractivity contribution in [1.29, 1.82) is 0 Å². The highest BCUT2D eigenvalue weighted by Gasteiger charge is 2.33. The summed E-state index contributed by atoms with van der Waals surface area (Å²) in [7, 11) is 0. The minimum atomic E-state index is 0.115. The Balaban J connectivity index is 1.13. The van der Waals surface area contributed by atoms with Crippen LogP contribution in [0.15, 0.2) is 0 Å². The molecule has 0 bridgehead atoms. The van der Waals surface area contributed by atoms with Crippen molar-refractivity contribution in [3.63, 3.8) is 0 Å². The molecule has 0 aromatic rings. The van der Waals surface area contributed by atoms with Gasteiger partial charge in [0.25, 0.3) is 0 Å². The van der Waals surface area contributed by atoms with Gasteiger partial charge >= 0.3 is 0 Å². The van der Waals surface area contributed by atoms with Crippen LogP contribution >= 0.6 is 0 Å². The van der Waals surface area contributed by atoms with Crippen molar-refractivity contribution in [2.75, 3.05) is 19.8 Å². The molecule has 4 fully saturated rings. The van der Waals surface area contributed by atoms with Gasteiger partial charge in [-0.25, -0.2) is 0 Å². The fourth-order valence-electron chi connectivity index (χ4n) is 4.37. The van der Waals surface area contributed by atoms with Crippen LogP contribution in [0.5, 0.6) is 0 Å². The van der Waals surface area contributed by atoms with Gasteiger partial charge in [-0.2, -0.15) is 0 Å². The predicted octanol–water partition coefficient (Wildman–Crippen LogP) is 3.28. The van der Waals surface area contributed by atoms with Crippen molar-refractivity contribution < 1.29 is 18.9 Å². The van der Waals surface area contributed by atoms with Crippen molar-refractivity contribution in [1.82, 2.24) is 0 Å². The molecule has 4 nitrogen and oxygen atoms in total. The summed E-state index contributed by atoms with van der Waals surface area (Å²) in [6.45, 7) is 2.62. The van der Waals surface area contributed by atoms with E-state index >= 15 is 0 Å². The van der Waals surface area contributed by atoms with E-state index in [1.807, 2.05) is 0 Å².